The Hall–Kier alpha value is -4.65. The Morgan fingerprint density at radius 3 is 2.34 bits per heavy atom. The molecule has 0 unspecified atom stereocenters. The molecule has 1 amide bonds. The van der Waals surface area contributed by atoms with Gasteiger partial charge < -0.3 is 14.8 Å². The molecule has 1 aliphatic carbocycles. The van der Waals surface area contributed by atoms with Gasteiger partial charge in [-0.15, -0.1) is 0 Å². The number of ether oxygens (including phenoxy) is 2. The summed E-state index contributed by atoms with van der Waals surface area (Å²) >= 11 is 0. The van der Waals surface area contributed by atoms with Crippen molar-refractivity contribution in [2.24, 2.45) is 0 Å². The van der Waals surface area contributed by atoms with Gasteiger partial charge in [-0.2, -0.15) is 0 Å². The van der Waals surface area contributed by atoms with Gasteiger partial charge >= 0.3 is 6.09 Å². The molecule has 0 bridgehead atoms. The standard InChI is InChI=1S/C34H34N4O3/c1-33(2,3)41-32(39)37-34(17-9-18-34)26-15-13-23(14-16-26)29-30(24-10-6-5-7-11-24)38-19-8-12-28(31(38)36-29)25-20-27(40-4)22-35-21-25/h5-8,10-16,19-22H,9,17-18H2,1-4H3,(H,37,39). The van der Waals surface area contributed by atoms with Crippen LogP contribution in [0.5, 0.6) is 5.75 Å². The van der Waals surface area contributed by atoms with Gasteiger partial charge in [-0.05, 0) is 63.8 Å². The third kappa shape index (κ3) is 5.15. The summed E-state index contributed by atoms with van der Waals surface area (Å²) < 4.78 is 13.1. The maximum absolute atomic E-state index is 12.7. The third-order valence-electron chi connectivity index (χ3n) is 7.62. The Bertz CT molecular complexity index is 1700. The number of carbonyl (C=O) groups excluding carboxylic acids is 1. The zero-order chi connectivity index (χ0) is 28.6. The molecule has 6 rings (SSSR count). The Morgan fingerprint density at radius 1 is 0.927 bits per heavy atom. The van der Waals surface area contributed by atoms with Crippen molar-refractivity contribution in [1.29, 1.82) is 0 Å². The summed E-state index contributed by atoms with van der Waals surface area (Å²) in [6.07, 6.45) is 8.02. The van der Waals surface area contributed by atoms with Crippen molar-refractivity contribution in [2.45, 2.75) is 51.2 Å². The van der Waals surface area contributed by atoms with Gasteiger partial charge in [-0.1, -0.05) is 54.6 Å². The third-order valence-corrected chi connectivity index (χ3v) is 7.62. The fourth-order valence-electron chi connectivity index (χ4n) is 5.51. The van der Waals surface area contributed by atoms with Gasteiger partial charge in [-0.25, -0.2) is 9.78 Å². The summed E-state index contributed by atoms with van der Waals surface area (Å²) in [4.78, 5) is 22.2. The second-order valence-corrected chi connectivity index (χ2v) is 11.5. The smallest absolute Gasteiger partial charge is 0.408 e. The van der Waals surface area contributed by atoms with Crippen LogP contribution in [-0.2, 0) is 10.3 Å². The second-order valence-electron chi connectivity index (χ2n) is 11.5. The van der Waals surface area contributed by atoms with Crippen LogP contribution in [0.1, 0.15) is 45.6 Å². The minimum Gasteiger partial charge on any atom is -0.495 e. The number of methoxy groups -OCH3 is 1. The van der Waals surface area contributed by atoms with Crippen LogP contribution in [0, 0.1) is 0 Å². The zero-order valence-corrected chi connectivity index (χ0v) is 23.8. The van der Waals surface area contributed by atoms with Crippen LogP contribution in [0.15, 0.2) is 91.4 Å². The molecule has 3 aromatic heterocycles. The summed E-state index contributed by atoms with van der Waals surface area (Å²) in [5, 5.41) is 3.16. The molecule has 3 heterocycles. The molecule has 7 heteroatoms. The van der Waals surface area contributed by atoms with Gasteiger partial charge in [0, 0.05) is 34.6 Å². The summed E-state index contributed by atoms with van der Waals surface area (Å²) in [5.41, 5.74) is 6.82. The number of fused-ring (bicyclic) bond motifs is 1. The number of alkyl carbamates (subject to hydrolysis) is 1. The van der Waals surface area contributed by atoms with Crippen molar-refractivity contribution in [3.63, 3.8) is 0 Å². The van der Waals surface area contributed by atoms with Crippen LogP contribution >= 0.6 is 0 Å². The molecule has 208 valence electrons. The lowest BCUT2D eigenvalue weighted by Gasteiger charge is -2.43. The van der Waals surface area contributed by atoms with E-state index < -0.39 is 11.1 Å². The normalized spacial score (nSPS) is 14.3. The number of carbonyl (C=O) groups is 1. The molecule has 5 aromatic rings. The summed E-state index contributed by atoms with van der Waals surface area (Å²) in [6.45, 7) is 5.64. The lowest BCUT2D eigenvalue weighted by molar-refractivity contribution is 0.0377. The van der Waals surface area contributed by atoms with Crippen molar-refractivity contribution in [2.75, 3.05) is 7.11 Å². The molecule has 7 nitrogen and oxygen atoms in total. The quantitative estimate of drug-likeness (QED) is 0.237. The predicted octanol–water partition coefficient (Wildman–Crippen LogP) is 7.64. The second kappa shape index (κ2) is 10.4. The molecule has 1 aliphatic rings. The molecular weight excluding hydrogens is 512 g/mol. The van der Waals surface area contributed by atoms with E-state index in [9.17, 15) is 4.79 Å². The van der Waals surface area contributed by atoms with Crippen LogP contribution < -0.4 is 10.1 Å². The predicted molar refractivity (Wildman–Crippen MR) is 161 cm³/mol. The molecule has 1 fully saturated rings. The maximum Gasteiger partial charge on any atom is 0.408 e. The Morgan fingerprint density at radius 2 is 1.68 bits per heavy atom. The molecule has 41 heavy (non-hydrogen) atoms. The van der Waals surface area contributed by atoms with Gasteiger partial charge in [0.1, 0.15) is 17.0 Å². The van der Waals surface area contributed by atoms with E-state index in [-0.39, 0.29) is 6.09 Å². The maximum atomic E-state index is 12.7. The van der Waals surface area contributed by atoms with E-state index in [1.165, 1.54) is 0 Å². The Labute approximate surface area is 240 Å². The van der Waals surface area contributed by atoms with Crippen molar-refractivity contribution in [3.8, 4) is 39.4 Å². The highest BCUT2D eigenvalue weighted by molar-refractivity contribution is 5.87. The largest absolute Gasteiger partial charge is 0.495 e. The molecule has 0 aliphatic heterocycles. The van der Waals surface area contributed by atoms with Crippen LogP contribution in [0.25, 0.3) is 39.3 Å². The fraction of sp³-hybridized carbons (Fsp3) is 0.265. The topological polar surface area (TPSA) is 77.8 Å². The van der Waals surface area contributed by atoms with E-state index in [0.29, 0.717) is 5.75 Å². The van der Waals surface area contributed by atoms with Gasteiger partial charge in [0.05, 0.1) is 30.2 Å². The van der Waals surface area contributed by atoms with Crippen LogP contribution in [0.3, 0.4) is 0 Å². The van der Waals surface area contributed by atoms with Crippen molar-refractivity contribution in [3.05, 3.63) is 97.0 Å². The first-order valence-electron chi connectivity index (χ1n) is 13.9. The van der Waals surface area contributed by atoms with E-state index in [4.69, 9.17) is 14.5 Å². The first kappa shape index (κ1) is 26.6. The molecule has 0 radical (unpaired) electrons. The number of imidazole rings is 1. The average molecular weight is 547 g/mol. The molecule has 0 saturated heterocycles. The number of pyridine rings is 2. The molecule has 0 atom stereocenters. The first-order valence-corrected chi connectivity index (χ1v) is 13.9. The van der Waals surface area contributed by atoms with E-state index in [1.807, 2.05) is 63.5 Å². The molecule has 1 N–H and O–H groups in total. The summed E-state index contributed by atoms with van der Waals surface area (Å²) in [7, 11) is 1.64. The van der Waals surface area contributed by atoms with Crippen molar-refractivity contribution < 1.29 is 14.3 Å². The van der Waals surface area contributed by atoms with Gasteiger partial charge in [0.2, 0.25) is 0 Å². The number of aromatic nitrogens is 3. The van der Waals surface area contributed by atoms with E-state index in [0.717, 1.165) is 64.1 Å². The number of amides is 1. The highest BCUT2D eigenvalue weighted by Crippen LogP contribution is 2.43. The van der Waals surface area contributed by atoms with Gasteiger partial charge in [0.25, 0.3) is 0 Å². The number of hydrogen-bond donors (Lipinski definition) is 1. The highest BCUT2D eigenvalue weighted by atomic mass is 16.6. The molecule has 0 spiro atoms. The Kier molecular flexibility index (Phi) is 6.73. The lowest BCUT2D eigenvalue weighted by atomic mass is 9.71. The number of benzene rings is 2. The Balaban J connectivity index is 1.43. The van der Waals surface area contributed by atoms with Gasteiger partial charge in [-0.3, -0.25) is 9.38 Å². The van der Waals surface area contributed by atoms with Crippen LogP contribution in [0.4, 0.5) is 4.79 Å². The van der Waals surface area contributed by atoms with E-state index in [1.54, 1.807) is 13.3 Å². The number of hydrogen-bond acceptors (Lipinski definition) is 5. The number of nitrogens with one attached hydrogen (secondary N) is 1. The highest BCUT2D eigenvalue weighted by Gasteiger charge is 2.41. The monoisotopic (exact) mass is 546 g/mol. The number of nitrogens with zero attached hydrogens (tertiary/aromatic N) is 3. The van der Waals surface area contributed by atoms with Crippen molar-refractivity contribution >= 4 is 11.7 Å². The van der Waals surface area contributed by atoms with E-state index in [2.05, 4.69) is 57.2 Å². The van der Waals surface area contributed by atoms with Crippen molar-refractivity contribution in [1.82, 2.24) is 19.7 Å². The summed E-state index contributed by atoms with van der Waals surface area (Å²) in [5.74, 6) is 0.695. The minimum atomic E-state index is -0.546. The molecule has 1 saturated carbocycles. The zero-order valence-electron chi connectivity index (χ0n) is 23.8. The van der Waals surface area contributed by atoms with Crippen LogP contribution in [-0.4, -0.2) is 33.2 Å². The lowest BCUT2D eigenvalue weighted by Crippen LogP contribution is -2.52. The SMILES string of the molecule is COc1cncc(-c2cccn3c(-c4ccccc4)c(-c4ccc(C5(NC(=O)OC(C)(C)C)CCC5)cc4)nc23)c1. The van der Waals surface area contributed by atoms with Crippen LogP contribution in [0.2, 0.25) is 0 Å². The molecule has 2 aromatic carbocycles. The average Bonchev–Trinajstić information content (AvgIpc) is 3.34. The first-order chi connectivity index (χ1) is 19.8. The minimum absolute atomic E-state index is 0.382. The van der Waals surface area contributed by atoms with E-state index >= 15 is 0 Å². The fourth-order valence-corrected chi connectivity index (χ4v) is 5.51. The number of rotatable bonds is 6. The van der Waals surface area contributed by atoms with Gasteiger partial charge in [0.15, 0.2) is 0 Å². The summed E-state index contributed by atoms with van der Waals surface area (Å²) in [6, 6.07) is 24.8. The molecular formula is C34H34N4O3.